The van der Waals surface area contributed by atoms with Gasteiger partial charge in [0.2, 0.25) is 0 Å². The molecule has 0 aromatic heterocycles. The zero-order chi connectivity index (χ0) is 42.4. The first-order chi connectivity index (χ1) is 29.1. The summed E-state index contributed by atoms with van der Waals surface area (Å²) in [4.78, 5) is 22.0. The maximum absolute atomic E-state index is 11.8. The molecule has 0 spiro atoms. The lowest BCUT2D eigenvalue weighted by Crippen LogP contribution is -2.16. The van der Waals surface area contributed by atoms with Crippen LogP contribution in [0.25, 0.3) is 0 Å². The first-order valence-corrected chi connectivity index (χ1v) is 21.5. The number of nitro groups is 1. The molecule has 1 aromatic rings. The molecule has 0 saturated heterocycles. The number of rotatable bonds is 48. The van der Waals surface area contributed by atoms with Crippen LogP contribution >= 0.6 is 0 Å². The average Bonchev–Trinajstić information content (AvgIpc) is 3.24. The molecule has 0 heterocycles. The fourth-order valence-corrected chi connectivity index (χ4v) is 5.05. The highest BCUT2D eigenvalue weighted by molar-refractivity contribution is 5.69. The average molecular weight is 850 g/mol. The predicted molar refractivity (Wildman–Crippen MR) is 220 cm³/mol. The molecule has 17 nitrogen and oxygen atoms in total. The summed E-state index contributed by atoms with van der Waals surface area (Å²) in [5, 5.41) is 10.7. The highest BCUT2D eigenvalue weighted by Crippen LogP contribution is 2.17. The van der Waals surface area contributed by atoms with E-state index in [0.717, 1.165) is 12.8 Å². The van der Waals surface area contributed by atoms with E-state index in [1.54, 1.807) is 12.1 Å². The molecule has 0 fully saturated rings. The van der Waals surface area contributed by atoms with Gasteiger partial charge in [0.25, 0.3) is 5.69 Å². The maximum atomic E-state index is 11.8. The number of benzene rings is 1. The molecule has 0 radical (unpaired) electrons. The number of non-ortho nitro benzene ring substituents is 1. The summed E-state index contributed by atoms with van der Waals surface area (Å²) in [5.74, 6) is 0.410. The van der Waals surface area contributed by atoms with Gasteiger partial charge < -0.3 is 61.6 Å². The van der Waals surface area contributed by atoms with Crippen molar-refractivity contribution in [2.45, 2.75) is 71.1 Å². The Labute approximate surface area is 352 Å². The Balaban J connectivity index is 1.64. The monoisotopic (exact) mass is 850 g/mol. The summed E-state index contributed by atoms with van der Waals surface area (Å²) in [6.07, 6.45) is 11.5. The fraction of sp³-hybridized carbons (Fsp3) is 0.833. The summed E-state index contributed by atoms with van der Waals surface area (Å²) >= 11 is 0. The highest BCUT2D eigenvalue weighted by atomic mass is 16.6. The van der Waals surface area contributed by atoms with Crippen LogP contribution < -0.4 is 4.74 Å². The molecule has 0 aliphatic heterocycles. The summed E-state index contributed by atoms with van der Waals surface area (Å²) in [6, 6.07) is 5.91. The minimum atomic E-state index is -0.453. The first-order valence-electron chi connectivity index (χ1n) is 21.5. The van der Waals surface area contributed by atoms with Crippen LogP contribution in [0.2, 0.25) is 0 Å². The third-order valence-corrected chi connectivity index (χ3v) is 8.24. The van der Waals surface area contributed by atoms with Gasteiger partial charge >= 0.3 is 5.97 Å². The summed E-state index contributed by atoms with van der Waals surface area (Å²) in [6.45, 7) is 13.0. The van der Waals surface area contributed by atoms with Crippen molar-refractivity contribution in [2.75, 3.05) is 159 Å². The third kappa shape index (κ3) is 40.6. The van der Waals surface area contributed by atoms with E-state index in [-0.39, 0.29) is 18.3 Å². The van der Waals surface area contributed by atoms with Crippen molar-refractivity contribution in [3.8, 4) is 5.75 Å². The van der Waals surface area contributed by atoms with Crippen LogP contribution in [-0.4, -0.2) is 169 Å². The Morgan fingerprint density at radius 1 is 0.424 bits per heavy atom. The fourth-order valence-electron chi connectivity index (χ4n) is 5.05. The van der Waals surface area contributed by atoms with E-state index in [9.17, 15) is 14.9 Å². The molecule has 344 valence electrons. The van der Waals surface area contributed by atoms with Crippen molar-refractivity contribution in [3.63, 3.8) is 0 Å². The van der Waals surface area contributed by atoms with Gasteiger partial charge in [-0.2, -0.15) is 0 Å². The topological polar surface area (TPSA) is 180 Å². The van der Waals surface area contributed by atoms with E-state index in [0.29, 0.717) is 164 Å². The molecule has 0 saturated carbocycles. The number of esters is 1. The Morgan fingerprint density at radius 2 is 0.712 bits per heavy atom. The number of hydrogen-bond donors (Lipinski definition) is 0. The molecule has 0 N–H and O–H groups in total. The Hall–Kier alpha value is -2.55. The Bertz CT molecular complexity index is 1040. The zero-order valence-electron chi connectivity index (χ0n) is 35.8. The van der Waals surface area contributed by atoms with E-state index in [2.05, 4.69) is 6.92 Å². The van der Waals surface area contributed by atoms with Gasteiger partial charge in [0.15, 0.2) is 0 Å². The van der Waals surface area contributed by atoms with Gasteiger partial charge in [0.05, 0.1) is 150 Å². The van der Waals surface area contributed by atoms with Gasteiger partial charge in [-0.3, -0.25) is 14.9 Å². The minimum absolute atomic E-state index is 0.0228. The molecule has 0 bridgehead atoms. The van der Waals surface area contributed by atoms with Crippen LogP contribution in [0, 0.1) is 10.1 Å². The lowest BCUT2D eigenvalue weighted by atomic mass is 10.1. The molecule has 0 aliphatic rings. The number of hydrogen-bond acceptors (Lipinski definition) is 16. The zero-order valence-corrected chi connectivity index (χ0v) is 35.8. The standard InChI is InChI=1S/C42H75NO16/c1-2-3-4-5-6-7-8-9-10-11-42(44)59-39-37-57-35-33-55-31-29-53-27-25-51-23-21-49-19-17-47-16-18-48-20-22-50-24-26-52-28-30-54-32-34-56-36-38-58-41-14-12-40(13-15-41)43(45)46/h12-15H,2-11,16-39H2,1H3. The largest absolute Gasteiger partial charge is 0.491 e. The second kappa shape index (κ2) is 45.0. The normalized spacial score (nSPS) is 11.3. The molecular formula is C42H75NO16. The van der Waals surface area contributed by atoms with Crippen LogP contribution in [0.4, 0.5) is 5.69 Å². The molecule has 1 rings (SSSR count). The number of nitrogens with zero attached hydrogens (tertiary/aromatic N) is 1. The maximum Gasteiger partial charge on any atom is 0.305 e. The molecule has 59 heavy (non-hydrogen) atoms. The number of carbonyl (C=O) groups excluding carboxylic acids is 1. The molecule has 0 unspecified atom stereocenters. The predicted octanol–water partition coefficient (Wildman–Crippen LogP) is 5.62. The van der Waals surface area contributed by atoms with Crippen molar-refractivity contribution in [3.05, 3.63) is 34.4 Å². The van der Waals surface area contributed by atoms with Gasteiger partial charge in [-0.1, -0.05) is 58.3 Å². The third-order valence-electron chi connectivity index (χ3n) is 8.24. The Kier molecular flexibility index (Phi) is 41.5. The number of nitro benzene ring substituents is 1. The number of ether oxygens (including phenoxy) is 13. The van der Waals surface area contributed by atoms with E-state index in [1.807, 2.05) is 0 Å². The lowest BCUT2D eigenvalue weighted by Gasteiger charge is -2.09. The first kappa shape index (κ1) is 54.5. The van der Waals surface area contributed by atoms with Crippen molar-refractivity contribution >= 4 is 11.7 Å². The summed E-state index contributed by atoms with van der Waals surface area (Å²) in [5.41, 5.74) is 0.0228. The molecular weight excluding hydrogens is 774 g/mol. The highest BCUT2D eigenvalue weighted by Gasteiger charge is 2.05. The van der Waals surface area contributed by atoms with Gasteiger partial charge in [-0.15, -0.1) is 0 Å². The molecule has 0 atom stereocenters. The van der Waals surface area contributed by atoms with Crippen LogP contribution in [0.5, 0.6) is 5.75 Å². The van der Waals surface area contributed by atoms with Crippen molar-refractivity contribution in [1.29, 1.82) is 0 Å². The van der Waals surface area contributed by atoms with Gasteiger partial charge in [0, 0.05) is 18.6 Å². The second-order valence-corrected chi connectivity index (χ2v) is 13.1. The van der Waals surface area contributed by atoms with Crippen molar-refractivity contribution in [2.24, 2.45) is 0 Å². The second-order valence-electron chi connectivity index (χ2n) is 13.1. The van der Waals surface area contributed by atoms with Gasteiger partial charge in [-0.25, -0.2) is 0 Å². The van der Waals surface area contributed by atoms with Crippen LogP contribution in [0.3, 0.4) is 0 Å². The number of unbranched alkanes of at least 4 members (excludes halogenated alkanes) is 8. The van der Waals surface area contributed by atoms with Crippen molar-refractivity contribution in [1.82, 2.24) is 0 Å². The van der Waals surface area contributed by atoms with E-state index in [1.165, 1.54) is 57.1 Å². The smallest absolute Gasteiger partial charge is 0.305 e. The molecule has 0 amide bonds. The SMILES string of the molecule is CCCCCCCCCCCC(=O)OCCOCCOCCOCCOCCOCCOCCOCCOCCOCCOCCOCCOc1ccc([N+](=O)[O-])cc1. The van der Waals surface area contributed by atoms with Crippen molar-refractivity contribution < 1.29 is 71.3 Å². The minimum Gasteiger partial charge on any atom is -0.491 e. The molecule has 17 heteroatoms. The van der Waals surface area contributed by atoms with Gasteiger partial charge in [0.1, 0.15) is 19.0 Å². The quantitative estimate of drug-likeness (QED) is 0.0341. The van der Waals surface area contributed by atoms with E-state index in [4.69, 9.17) is 61.6 Å². The number of carbonyl (C=O) groups is 1. The molecule has 1 aromatic carbocycles. The van der Waals surface area contributed by atoms with Crippen LogP contribution in [0.15, 0.2) is 24.3 Å². The van der Waals surface area contributed by atoms with E-state index < -0.39 is 4.92 Å². The van der Waals surface area contributed by atoms with Gasteiger partial charge in [-0.05, 0) is 18.6 Å². The Morgan fingerprint density at radius 3 is 1.03 bits per heavy atom. The summed E-state index contributed by atoms with van der Waals surface area (Å²) < 4.78 is 70.9. The summed E-state index contributed by atoms with van der Waals surface area (Å²) in [7, 11) is 0. The molecule has 0 aliphatic carbocycles. The van der Waals surface area contributed by atoms with Crippen LogP contribution in [-0.2, 0) is 61.6 Å². The van der Waals surface area contributed by atoms with Crippen LogP contribution in [0.1, 0.15) is 71.1 Å². The lowest BCUT2D eigenvalue weighted by molar-refractivity contribution is -0.384. The van der Waals surface area contributed by atoms with E-state index >= 15 is 0 Å².